The molecule has 2 rings (SSSR count). The van der Waals surface area contributed by atoms with E-state index in [0.717, 1.165) is 6.07 Å². The highest BCUT2D eigenvalue weighted by molar-refractivity contribution is 9.10. The molecule has 0 aliphatic carbocycles. The first-order chi connectivity index (χ1) is 9.35. The van der Waals surface area contributed by atoms with Crippen molar-refractivity contribution in [1.29, 1.82) is 0 Å². The van der Waals surface area contributed by atoms with Gasteiger partial charge in [0.2, 0.25) is 0 Å². The van der Waals surface area contributed by atoms with E-state index in [9.17, 15) is 13.2 Å². The van der Waals surface area contributed by atoms with Gasteiger partial charge in [0.1, 0.15) is 22.3 Å². The van der Waals surface area contributed by atoms with Gasteiger partial charge >= 0.3 is 6.36 Å². The highest BCUT2D eigenvalue weighted by Crippen LogP contribution is 2.35. The summed E-state index contributed by atoms with van der Waals surface area (Å²) in [7, 11) is 0. The lowest BCUT2D eigenvalue weighted by molar-refractivity contribution is -0.274. The van der Waals surface area contributed by atoms with E-state index in [-0.39, 0.29) is 10.2 Å². The molecular formula is C12H6BrClF3NO2. The number of rotatable bonds is 3. The molecule has 0 fully saturated rings. The van der Waals surface area contributed by atoms with Crippen LogP contribution in [0.2, 0.25) is 5.02 Å². The van der Waals surface area contributed by atoms with Gasteiger partial charge in [-0.05, 0) is 34.1 Å². The Labute approximate surface area is 125 Å². The third kappa shape index (κ3) is 4.01. The minimum atomic E-state index is -4.75. The van der Waals surface area contributed by atoms with Crippen molar-refractivity contribution in [1.82, 2.24) is 4.98 Å². The zero-order chi connectivity index (χ0) is 14.8. The number of hydrogen-bond donors (Lipinski definition) is 0. The number of nitrogens with zero attached hydrogens (tertiary/aromatic N) is 1. The Morgan fingerprint density at radius 2 is 1.90 bits per heavy atom. The van der Waals surface area contributed by atoms with Gasteiger partial charge in [0.05, 0.1) is 4.47 Å². The molecule has 0 unspecified atom stereocenters. The molecule has 0 N–H and O–H groups in total. The quantitative estimate of drug-likeness (QED) is 0.747. The highest BCUT2D eigenvalue weighted by Gasteiger charge is 2.32. The second-order valence-electron chi connectivity index (χ2n) is 3.55. The van der Waals surface area contributed by atoms with Gasteiger partial charge < -0.3 is 9.47 Å². The smallest absolute Gasteiger partial charge is 0.456 e. The van der Waals surface area contributed by atoms with Crippen LogP contribution in [0.5, 0.6) is 17.2 Å². The van der Waals surface area contributed by atoms with E-state index in [0.29, 0.717) is 16.5 Å². The third-order valence-electron chi connectivity index (χ3n) is 2.09. The fraction of sp³-hybridized carbons (Fsp3) is 0.0833. The van der Waals surface area contributed by atoms with E-state index in [1.54, 1.807) is 0 Å². The molecule has 0 amide bonds. The number of alkyl halides is 3. The van der Waals surface area contributed by atoms with Gasteiger partial charge in [-0.1, -0.05) is 11.6 Å². The normalized spacial score (nSPS) is 11.2. The molecule has 106 valence electrons. The van der Waals surface area contributed by atoms with Crippen molar-refractivity contribution < 1.29 is 22.6 Å². The SMILES string of the molecule is FC(F)(F)Oc1ccc(Oc2ccncc2Cl)cc1Br. The summed E-state index contributed by atoms with van der Waals surface area (Å²) in [4.78, 5) is 3.79. The van der Waals surface area contributed by atoms with Crippen LogP contribution in [-0.4, -0.2) is 11.3 Å². The topological polar surface area (TPSA) is 31.4 Å². The predicted octanol–water partition coefficient (Wildman–Crippen LogP) is 5.19. The Hall–Kier alpha value is -1.47. The molecule has 8 heteroatoms. The first-order valence-corrected chi connectivity index (χ1v) is 6.35. The number of pyridine rings is 1. The summed E-state index contributed by atoms with van der Waals surface area (Å²) in [6, 6.07) is 5.36. The van der Waals surface area contributed by atoms with Crippen LogP contribution in [0.15, 0.2) is 41.1 Å². The van der Waals surface area contributed by atoms with Crippen LogP contribution in [0.3, 0.4) is 0 Å². The Morgan fingerprint density at radius 3 is 2.50 bits per heavy atom. The summed E-state index contributed by atoms with van der Waals surface area (Å²) >= 11 is 8.84. The third-order valence-corrected chi connectivity index (χ3v) is 3.00. The van der Waals surface area contributed by atoms with Crippen LogP contribution >= 0.6 is 27.5 Å². The van der Waals surface area contributed by atoms with E-state index in [1.807, 2.05) is 0 Å². The lowest BCUT2D eigenvalue weighted by Gasteiger charge is -2.12. The molecule has 0 atom stereocenters. The summed E-state index contributed by atoms with van der Waals surface area (Å²) in [5, 5.41) is 0.291. The van der Waals surface area contributed by atoms with Crippen molar-refractivity contribution in [3.8, 4) is 17.2 Å². The largest absolute Gasteiger partial charge is 0.573 e. The van der Waals surface area contributed by atoms with Crippen LogP contribution in [-0.2, 0) is 0 Å². The second-order valence-corrected chi connectivity index (χ2v) is 4.81. The first kappa shape index (κ1) is 14.9. The van der Waals surface area contributed by atoms with Gasteiger partial charge in [-0.3, -0.25) is 4.98 Å². The van der Waals surface area contributed by atoms with Crippen molar-refractivity contribution in [2.24, 2.45) is 0 Å². The zero-order valence-electron chi connectivity index (χ0n) is 9.62. The molecule has 0 spiro atoms. The summed E-state index contributed by atoms with van der Waals surface area (Å²) in [6.45, 7) is 0. The van der Waals surface area contributed by atoms with Gasteiger partial charge in [-0.2, -0.15) is 0 Å². The van der Waals surface area contributed by atoms with Crippen LogP contribution in [0.25, 0.3) is 0 Å². The average molecular weight is 369 g/mol. The molecule has 3 nitrogen and oxygen atoms in total. The van der Waals surface area contributed by atoms with Gasteiger partial charge in [0.15, 0.2) is 0 Å². The molecule has 0 radical (unpaired) electrons. The minimum Gasteiger partial charge on any atom is -0.456 e. The van der Waals surface area contributed by atoms with Gasteiger partial charge in [-0.25, -0.2) is 0 Å². The number of benzene rings is 1. The first-order valence-electron chi connectivity index (χ1n) is 5.18. The molecule has 1 aromatic heterocycles. The van der Waals surface area contributed by atoms with Gasteiger partial charge in [0.25, 0.3) is 0 Å². The lowest BCUT2D eigenvalue weighted by Crippen LogP contribution is -2.17. The average Bonchev–Trinajstić information content (AvgIpc) is 2.34. The Morgan fingerprint density at radius 1 is 1.15 bits per heavy atom. The molecule has 0 bridgehead atoms. The molecule has 0 aliphatic rings. The summed E-state index contributed by atoms with van der Waals surface area (Å²) in [5.41, 5.74) is 0. The van der Waals surface area contributed by atoms with Crippen LogP contribution in [0, 0.1) is 0 Å². The monoisotopic (exact) mass is 367 g/mol. The van der Waals surface area contributed by atoms with Crippen molar-refractivity contribution in [2.45, 2.75) is 6.36 Å². The van der Waals surface area contributed by atoms with Crippen LogP contribution in [0.1, 0.15) is 0 Å². The molecule has 2 aromatic rings. The number of ether oxygens (including phenoxy) is 2. The number of hydrogen-bond acceptors (Lipinski definition) is 3. The molecule has 1 heterocycles. The van der Waals surface area contributed by atoms with Crippen molar-refractivity contribution in [3.05, 3.63) is 46.2 Å². The number of halogens is 5. The molecule has 0 saturated carbocycles. The second kappa shape index (κ2) is 5.88. The molecule has 20 heavy (non-hydrogen) atoms. The van der Waals surface area contributed by atoms with E-state index in [4.69, 9.17) is 16.3 Å². The summed E-state index contributed by atoms with van der Waals surface area (Å²) < 4.78 is 45.7. The van der Waals surface area contributed by atoms with Crippen molar-refractivity contribution in [2.75, 3.05) is 0 Å². The lowest BCUT2D eigenvalue weighted by atomic mass is 10.3. The standard InChI is InChI=1S/C12H6BrClF3NO2/c13-8-5-7(1-2-10(8)20-12(15,16)17)19-11-3-4-18-6-9(11)14/h1-6H. The molecule has 0 saturated heterocycles. The highest BCUT2D eigenvalue weighted by atomic mass is 79.9. The Balaban J connectivity index is 2.19. The maximum Gasteiger partial charge on any atom is 0.573 e. The van der Waals surface area contributed by atoms with E-state index in [2.05, 4.69) is 25.7 Å². The van der Waals surface area contributed by atoms with Crippen molar-refractivity contribution in [3.63, 3.8) is 0 Å². The Kier molecular flexibility index (Phi) is 4.39. The fourth-order valence-corrected chi connectivity index (χ4v) is 1.92. The summed E-state index contributed by atoms with van der Waals surface area (Å²) in [6.07, 6.45) is -1.87. The van der Waals surface area contributed by atoms with Gasteiger partial charge in [0, 0.05) is 18.5 Å². The van der Waals surface area contributed by atoms with Gasteiger partial charge in [-0.15, -0.1) is 13.2 Å². The van der Waals surface area contributed by atoms with Crippen LogP contribution in [0.4, 0.5) is 13.2 Å². The maximum absolute atomic E-state index is 12.1. The van der Waals surface area contributed by atoms with Crippen LogP contribution < -0.4 is 9.47 Å². The number of aromatic nitrogens is 1. The molecule has 0 aliphatic heterocycles. The summed E-state index contributed by atoms with van der Waals surface area (Å²) in [5.74, 6) is 0.295. The molecular weight excluding hydrogens is 362 g/mol. The Bertz CT molecular complexity index is 622. The molecule has 1 aromatic carbocycles. The van der Waals surface area contributed by atoms with E-state index in [1.165, 1.54) is 30.6 Å². The van der Waals surface area contributed by atoms with E-state index < -0.39 is 6.36 Å². The minimum absolute atomic E-state index is 0.109. The zero-order valence-corrected chi connectivity index (χ0v) is 12.0. The maximum atomic E-state index is 12.1. The predicted molar refractivity (Wildman–Crippen MR) is 70.1 cm³/mol. The van der Waals surface area contributed by atoms with Crippen molar-refractivity contribution >= 4 is 27.5 Å². The van der Waals surface area contributed by atoms with E-state index >= 15 is 0 Å². The fourth-order valence-electron chi connectivity index (χ4n) is 1.32.